The Labute approximate surface area is 183 Å². The number of benzene rings is 1. The van der Waals surface area contributed by atoms with Gasteiger partial charge < -0.3 is 29.3 Å². The fraction of sp³-hybridized carbons (Fsp3) is 0.478. The van der Waals surface area contributed by atoms with Crippen LogP contribution in [0.3, 0.4) is 0 Å². The van der Waals surface area contributed by atoms with E-state index in [1.54, 1.807) is 21.3 Å². The average Bonchev–Trinajstić information content (AvgIpc) is 2.83. The third kappa shape index (κ3) is 4.62. The highest BCUT2D eigenvalue weighted by Gasteiger charge is 2.24. The van der Waals surface area contributed by atoms with E-state index in [0.717, 1.165) is 61.7 Å². The number of pyridine rings is 1. The summed E-state index contributed by atoms with van der Waals surface area (Å²) in [4.78, 5) is 21.6. The van der Waals surface area contributed by atoms with Crippen LogP contribution in [-0.2, 0) is 12.8 Å². The van der Waals surface area contributed by atoms with E-state index in [0.29, 0.717) is 24.7 Å². The van der Waals surface area contributed by atoms with Gasteiger partial charge in [0.2, 0.25) is 5.88 Å². The first-order valence-electron chi connectivity index (χ1n) is 10.7. The zero-order chi connectivity index (χ0) is 21.8. The first-order valence-corrected chi connectivity index (χ1v) is 10.7. The number of anilines is 2. The third-order valence-corrected chi connectivity index (χ3v) is 5.97. The van der Waals surface area contributed by atoms with Crippen molar-refractivity contribution in [1.82, 2.24) is 9.88 Å². The molecule has 2 aromatic rings. The summed E-state index contributed by atoms with van der Waals surface area (Å²) in [7, 11) is 4.88. The zero-order valence-corrected chi connectivity index (χ0v) is 18.4. The van der Waals surface area contributed by atoms with Crippen LogP contribution in [0.15, 0.2) is 24.3 Å². The number of rotatable bonds is 5. The summed E-state index contributed by atoms with van der Waals surface area (Å²) in [5.41, 5.74) is 3.97. The molecule has 0 atom stereocenters. The minimum Gasteiger partial charge on any atom is -0.497 e. The number of methoxy groups -OCH3 is 3. The highest BCUT2D eigenvalue weighted by atomic mass is 16.5. The van der Waals surface area contributed by atoms with Crippen molar-refractivity contribution in [2.75, 3.05) is 57.7 Å². The van der Waals surface area contributed by atoms with Crippen LogP contribution in [0.25, 0.3) is 0 Å². The van der Waals surface area contributed by atoms with Crippen molar-refractivity contribution in [3.8, 4) is 17.4 Å². The molecule has 1 N–H and O–H groups in total. The smallest absolute Gasteiger partial charge is 0.322 e. The Hall–Kier alpha value is -3.16. The summed E-state index contributed by atoms with van der Waals surface area (Å²) in [6.07, 6.45) is 4.28. The van der Waals surface area contributed by atoms with Gasteiger partial charge in [0.15, 0.2) is 0 Å². The van der Waals surface area contributed by atoms with E-state index in [4.69, 9.17) is 14.2 Å². The van der Waals surface area contributed by atoms with Gasteiger partial charge in [-0.2, -0.15) is 0 Å². The van der Waals surface area contributed by atoms with Crippen molar-refractivity contribution < 1.29 is 19.0 Å². The van der Waals surface area contributed by atoms with Crippen molar-refractivity contribution in [2.45, 2.75) is 25.7 Å². The van der Waals surface area contributed by atoms with Gasteiger partial charge in [0.05, 0.1) is 21.3 Å². The van der Waals surface area contributed by atoms with Crippen LogP contribution in [-0.4, -0.2) is 63.4 Å². The molecule has 0 radical (unpaired) electrons. The number of ether oxygens (including phenoxy) is 3. The van der Waals surface area contributed by atoms with E-state index >= 15 is 0 Å². The van der Waals surface area contributed by atoms with Gasteiger partial charge in [-0.05, 0) is 37.3 Å². The molecular weight excluding hydrogens is 396 g/mol. The lowest BCUT2D eigenvalue weighted by molar-refractivity contribution is 0.208. The molecule has 8 heteroatoms. The van der Waals surface area contributed by atoms with Crippen LogP contribution in [0.2, 0.25) is 0 Å². The predicted molar refractivity (Wildman–Crippen MR) is 120 cm³/mol. The fourth-order valence-corrected chi connectivity index (χ4v) is 4.20. The predicted octanol–water partition coefficient (Wildman–Crippen LogP) is 3.34. The number of hydrogen-bond donors (Lipinski definition) is 1. The van der Waals surface area contributed by atoms with Gasteiger partial charge in [-0.3, -0.25) is 0 Å². The lowest BCUT2D eigenvalue weighted by Gasteiger charge is -2.36. The van der Waals surface area contributed by atoms with Gasteiger partial charge >= 0.3 is 6.03 Å². The van der Waals surface area contributed by atoms with Crippen molar-refractivity contribution in [3.63, 3.8) is 0 Å². The molecule has 8 nitrogen and oxygen atoms in total. The number of piperazine rings is 1. The molecule has 1 fully saturated rings. The van der Waals surface area contributed by atoms with E-state index in [-0.39, 0.29) is 6.03 Å². The summed E-state index contributed by atoms with van der Waals surface area (Å²) in [6, 6.07) is 7.73. The normalized spacial score (nSPS) is 15.8. The highest BCUT2D eigenvalue weighted by Crippen LogP contribution is 2.31. The number of urea groups is 1. The van der Waals surface area contributed by atoms with Gasteiger partial charge in [-0.1, -0.05) is 0 Å². The Morgan fingerprint density at radius 1 is 0.903 bits per heavy atom. The number of hydrogen-bond acceptors (Lipinski definition) is 6. The number of nitrogens with one attached hydrogen (secondary N) is 1. The van der Waals surface area contributed by atoms with Gasteiger partial charge in [0.25, 0.3) is 0 Å². The van der Waals surface area contributed by atoms with E-state index in [1.807, 2.05) is 29.2 Å². The second kappa shape index (κ2) is 9.32. The maximum absolute atomic E-state index is 12.9. The van der Waals surface area contributed by atoms with Gasteiger partial charge in [0, 0.05) is 55.8 Å². The van der Waals surface area contributed by atoms with Crippen LogP contribution < -0.4 is 24.4 Å². The quantitative estimate of drug-likeness (QED) is 0.790. The molecular formula is C23H30N4O4. The molecule has 2 aliphatic rings. The molecule has 166 valence electrons. The number of carbonyl (C=O) groups excluding carboxylic acids is 1. The summed E-state index contributed by atoms with van der Waals surface area (Å²) in [6.45, 7) is 2.69. The second-order valence-corrected chi connectivity index (χ2v) is 7.83. The molecule has 1 aliphatic carbocycles. The Morgan fingerprint density at radius 2 is 1.58 bits per heavy atom. The molecule has 1 saturated heterocycles. The molecule has 0 unspecified atom stereocenters. The van der Waals surface area contributed by atoms with Crippen LogP contribution in [0, 0.1) is 0 Å². The standard InChI is InChI=1S/C23H30N4O4/c1-29-18-13-17(14-19(15-18)30-2)26-8-10-27(11-9-26)23(28)25-21-12-16-6-4-5-7-20(16)24-22(21)31-3/h12-15H,4-11H2,1-3H3,(H,25,28). The molecule has 0 bridgehead atoms. The van der Waals surface area contributed by atoms with Crippen LogP contribution in [0.1, 0.15) is 24.1 Å². The largest absolute Gasteiger partial charge is 0.497 e. The maximum atomic E-state index is 12.9. The topological polar surface area (TPSA) is 76.2 Å². The van der Waals surface area contributed by atoms with Crippen molar-refractivity contribution in [2.24, 2.45) is 0 Å². The van der Waals surface area contributed by atoms with Gasteiger partial charge in [-0.15, -0.1) is 0 Å². The molecule has 1 aliphatic heterocycles. The Kier molecular flexibility index (Phi) is 6.34. The van der Waals surface area contributed by atoms with Crippen molar-refractivity contribution in [3.05, 3.63) is 35.5 Å². The zero-order valence-electron chi connectivity index (χ0n) is 18.4. The number of amides is 2. The molecule has 31 heavy (non-hydrogen) atoms. The van der Waals surface area contributed by atoms with E-state index in [9.17, 15) is 4.79 Å². The van der Waals surface area contributed by atoms with E-state index < -0.39 is 0 Å². The monoisotopic (exact) mass is 426 g/mol. The fourth-order valence-electron chi connectivity index (χ4n) is 4.20. The average molecular weight is 427 g/mol. The van der Waals surface area contributed by atoms with Gasteiger partial charge in [0.1, 0.15) is 17.2 Å². The lowest BCUT2D eigenvalue weighted by atomic mass is 9.96. The summed E-state index contributed by atoms with van der Waals surface area (Å²) >= 11 is 0. The van der Waals surface area contributed by atoms with Crippen molar-refractivity contribution >= 4 is 17.4 Å². The van der Waals surface area contributed by atoms with Crippen molar-refractivity contribution in [1.29, 1.82) is 0 Å². The first-order chi connectivity index (χ1) is 15.1. The molecule has 4 rings (SSSR count). The molecule has 2 amide bonds. The minimum atomic E-state index is -0.126. The Balaban J connectivity index is 1.41. The summed E-state index contributed by atoms with van der Waals surface area (Å²) in [5, 5.41) is 3.01. The SMILES string of the molecule is COc1cc(OC)cc(N2CCN(C(=O)Nc3cc4c(nc3OC)CCCC4)CC2)c1. The van der Waals surface area contributed by atoms with Crippen LogP contribution >= 0.6 is 0 Å². The number of aryl methyl sites for hydroxylation is 2. The Morgan fingerprint density at radius 3 is 2.23 bits per heavy atom. The van der Waals surface area contributed by atoms with Crippen LogP contribution in [0.5, 0.6) is 17.4 Å². The highest BCUT2D eigenvalue weighted by molar-refractivity contribution is 5.91. The minimum absolute atomic E-state index is 0.126. The van der Waals surface area contributed by atoms with E-state index in [1.165, 1.54) is 5.56 Å². The molecule has 1 aromatic heterocycles. The van der Waals surface area contributed by atoms with Crippen LogP contribution in [0.4, 0.5) is 16.2 Å². The van der Waals surface area contributed by atoms with Gasteiger partial charge in [-0.25, -0.2) is 9.78 Å². The lowest BCUT2D eigenvalue weighted by Crippen LogP contribution is -2.50. The number of carbonyl (C=O) groups is 1. The third-order valence-electron chi connectivity index (χ3n) is 5.97. The molecule has 2 heterocycles. The molecule has 0 spiro atoms. The second-order valence-electron chi connectivity index (χ2n) is 7.83. The number of nitrogens with zero attached hydrogens (tertiary/aromatic N) is 3. The number of aromatic nitrogens is 1. The summed E-state index contributed by atoms with van der Waals surface area (Å²) in [5.74, 6) is 1.99. The summed E-state index contributed by atoms with van der Waals surface area (Å²) < 4.78 is 16.2. The Bertz CT molecular complexity index is 919. The first kappa shape index (κ1) is 21.1. The number of fused-ring (bicyclic) bond motifs is 1. The molecule has 1 aromatic carbocycles. The van der Waals surface area contributed by atoms with E-state index in [2.05, 4.69) is 15.2 Å². The molecule has 0 saturated carbocycles. The maximum Gasteiger partial charge on any atom is 0.322 e.